The van der Waals surface area contributed by atoms with Gasteiger partial charge in [-0.25, -0.2) is 0 Å². The summed E-state index contributed by atoms with van der Waals surface area (Å²) in [4.78, 5) is 0. The first-order valence-corrected chi connectivity index (χ1v) is 7.75. The molecule has 22 heavy (non-hydrogen) atoms. The number of hydrogen-bond acceptors (Lipinski definition) is 2. The van der Waals surface area contributed by atoms with E-state index >= 15 is 0 Å². The van der Waals surface area contributed by atoms with Crippen molar-refractivity contribution in [2.75, 3.05) is 21.3 Å². The Morgan fingerprint density at radius 2 is 0.909 bits per heavy atom. The second-order valence-electron chi connectivity index (χ2n) is 3.58. The van der Waals surface area contributed by atoms with Gasteiger partial charge in [-0.2, -0.15) is 0 Å². The van der Waals surface area contributed by atoms with Crippen LogP contribution in [0.2, 0.25) is 0 Å². The normalized spacial score (nSPS) is 7.27. The van der Waals surface area contributed by atoms with Crippen molar-refractivity contribution in [2.24, 2.45) is 0 Å². The maximum absolute atomic E-state index is 4.91. The molecule has 126 valence electrons. The van der Waals surface area contributed by atoms with Gasteiger partial charge < -0.3 is 9.47 Å². The maximum Gasteiger partial charge on any atom is 0.118 e. The van der Waals surface area contributed by atoms with Crippen LogP contribution in [-0.2, 0) is 4.74 Å². The summed E-state index contributed by atoms with van der Waals surface area (Å²) in [6.07, 6.45) is 0. The van der Waals surface area contributed by atoms with Gasteiger partial charge in [0.2, 0.25) is 0 Å². The monoisotopic (exact) mass is 306 g/mol. The number of hydrogen-bond donors (Lipinski definition) is 0. The fourth-order valence-electron chi connectivity index (χ4n) is 1.09. The van der Waals surface area contributed by atoms with Crippen molar-refractivity contribution in [2.45, 2.75) is 34.6 Å². The number of aryl methyl sites for hydroxylation is 1. The molecule has 2 nitrogen and oxygen atoms in total. The van der Waals surface area contributed by atoms with Gasteiger partial charge in [-0.05, 0) is 19.1 Å². The number of rotatable bonds is 1. The van der Waals surface area contributed by atoms with Gasteiger partial charge in [-0.3, -0.25) is 0 Å². The van der Waals surface area contributed by atoms with Crippen molar-refractivity contribution < 1.29 is 9.47 Å². The average molecular weight is 306 g/mol. The highest BCUT2D eigenvalue weighted by Gasteiger charge is 1.80. The lowest BCUT2D eigenvalue weighted by molar-refractivity contribution is 0.277. The number of para-hydroxylation sites is 1. The summed E-state index contributed by atoms with van der Waals surface area (Å²) >= 11 is 0. The molecule has 0 spiro atoms. The quantitative estimate of drug-likeness (QED) is 0.642. The standard InChI is InChI=1S/C7H8O.C7H8.C2H6O.2C2H6/c1-8-7-5-3-2-4-6-7;1-7-5-3-2-4-6-7;1-3-2;2*1-2/h2-6H,1H3;2-6H,1H3;1-2H3;2*1-2H3. The molecule has 0 aliphatic rings. The second-order valence-corrected chi connectivity index (χ2v) is 3.58. The molecule has 0 unspecified atom stereocenters. The van der Waals surface area contributed by atoms with E-state index in [0.717, 1.165) is 5.75 Å². The highest BCUT2D eigenvalue weighted by molar-refractivity contribution is 5.20. The molecule has 0 aromatic heterocycles. The van der Waals surface area contributed by atoms with E-state index in [2.05, 4.69) is 23.8 Å². The molecule has 0 N–H and O–H groups in total. The van der Waals surface area contributed by atoms with E-state index in [1.54, 1.807) is 21.3 Å². The Hall–Kier alpha value is -1.80. The van der Waals surface area contributed by atoms with Gasteiger partial charge in [0.05, 0.1) is 7.11 Å². The van der Waals surface area contributed by atoms with Gasteiger partial charge in [-0.1, -0.05) is 81.8 Å². The van der Waals surface area contributed by atoms with Crippen molar-refractivity contribution in [1.82, 2.24) is 0 Å². The third-order valence-corrected chi connectivity index (χ3v) is 1.92. The summed E-state index contributed by atoms with van der Waals surface area (Å²) in [6, 6.07) is 19.9. The summed E-state index contributed by atoms with van der Waals surface area (Å²) < 4.78 is 9.16. The maximum atomic E-state index is 4.91. The first kappa shape index (κ1) is 25.2. The predicted octanol–water partition coefficient (Wildman–Crippen LogP) is 6.01. The van der Waals surface area contributed by atoms with Gasteiger partial charge in [0, 0.05) is 14.2 Å². The first-order valence-electron chi connectivity index (χ1n) is 7.75. The van der Waals surface area contributed by atoms with Crippen LogP contribution in [0.4, 0.5) is 0 Å². The van der Waals surface area contributed by atoms with E-state index in [0.29, 0.717) is 0 Å². The largest absolute Gasteiger partial charge is 0.497 e. The molecular weight excluding hydrogens is 272 g/mol. The van der Waals surface area contributed by atoms with Gasteiger partial charge in [0.25, 0.3) is 0 Å². The summed E-state index contributed by atoms with van der Waals surface area (Å²) in [7, 11) is 4.91. The van der Waals surface area contributed by atoms with E-state index in [1.165, 1.54) is 5.56 Å². The average Bonchev–Trinajstić information content (AvgIpc) is 2.61. The Balaban J connectivity index is -0.000000236. The van der Waals surface area contributed by atoms with Crippen LogP contribution in [0.1, 0.15) is 33.3 Å². The van der Waals surface area contributed by atoms with Crippen LogP contribution < -0.4 is 4.74 Å². The number of benzene rings is 2. The molecule has 0 amide bonds. The SMILES string of the molecule is CC.CC.COC.COc1ccccc1.Cc1ccccc1. The van der Waals surface area contributed by atoms with E-state index < -0.39 is 0 Å². The van der Waals surface area contributed by atoms with Crippen LogP contribution in [0.3, 0.4) is 0 Å². The number of methoxy groups -OCH3 is 2. The fraction of sp³-hybridized carbons (Fsp3) is 0.400. The van der Waals surface area contributed by atoms with E-state index in [-0.39, 0.29) is 0 Å². The topological polar surface area (TPSA) is 18.5 Å². The Morgan fingerprint density at radius 3 is 1.09 bits per heavy atom. The van der Waals surface area contributed by atoms with Crippen LogP contribution >= 0.6 is 0 Å². The van der Waals surface area contributed by atoms with Crippen molar-refractivity contribution in [3.05, 3.63) is 66.2 Å². The van der Waals surface area contributed by atoms with Crippen molar-refractivity contribution >= 4 is 0 Å². The van der Waals surface area contributed by atoms with Gasteiger partial charge >= 0.3 is 0 Å². The third kappa shape index (κ3) is 20.5. The Bertz CT molecular complexity index is 371. The fourth-order valence-corrected chi connectivity index (χ4v) is 1.09. The van der Waals surface area contributed by atoms with Gasteiger partial charge in [0.15, 0.2) is 0 Å². The summed E-state index contributed by atoms with van der Waals surface area (Å²) in [5.74, 6) is 0.910. The smallest absolute Gasteiger partial charge is 0.118 e. The lowest BCUT2D eigenvalue weighted by Crippen LogP contribution is -1.78. The van der Waals surface area contributed by atoms with Crippen LogP contribution in [0.15, 0.2) is 60.7 Å². The molecule has 0 saturated heterocycles. The zero-order valence-corrected chi connectivity index (χ0v) is 15.6. The summed E-state index contributed by atoms with van der Waals surface area (Å²) in [5.41, 5.74) is 1.32. The molecule has 2 heteroatoms. The molecule has 0 bridgehead atoms. The molecule has 0 heterocycles. The minimum Gasteiger partial charge on any atom is -0.497 e. The van der Waals surface area contributed by atoms with E-state index in [4.69, 9.17) is 4.74 Å². The van der Waals surface area contributed by atoms with Gasteiger partial charge in [-0.15, -0.1) is 0 Å². The number of ether oxygens (including phenoxy) is 2. The summed E-state index contributed by atoms with van der Waals surface area (Å²) in [6.45, 7) is 10.1. The van der Waals surface area contributed by atoms with E-state index in [1.807, 2.05) is 76.2 Å². The molecule has 2 aromatic carbocycles. The minimum absolute atomic E-state index is 0.910. The van der Waals surface area contributed by atoms with Crippen molar-refractivity contribution in [3.63, 3.8) is 0 Å². The molecular formula is C20H34O2. The highest BCUT2D eigenvalue weighted by atomic mass is 16.5. The van der Waals surface area contributed by atoms with E-state index in [9.17, 15) is 0 Å². The molecule has 2 aromatic rings. The third-order valence-electron chi connectivity index (χ3n) is 1.92. The Morgan fingerprint density at radius 1 is 0.591 bits per heavy atom. The molecule has 0 aliphatic heterocycles. The molecule has 0 saturated carbocycles. The molecule has 0 atom stereocenters. The lowest BCUT2D eigenvalue weighted by Gasteiger charge is -1.93. The van der Waals surface area contributed by atoms with Crippen LogP contribution in [-0.4, -0.2) is 21.3 Å². The molecule has 0 aliphatic carbocycles. The van der Waals surface area contributed by atoms with Crippen molar-refractivity contribution in [1.29, 1.82) is 0 Å². The molecule has 2 rings (SSSR count). The zero-order valence-electron chi connectivity index (χ0n) is 15.6. The Labute approximate surface area is 138 Å². The highest BCUT2D eigenvalue weighted by Crippen LogP contribution is 2.05. The Kier molecular flexibility index (Phi) is 27.7. The molecule has 0 fully saturated rings. The predicted molar refractivity (Wildman–Crippen MR) is 99.8 cm³/mol. The van der Waals surface area contributed by atoms with Crippen LogP contribution in [0, 0.1) is 6.92 Å². The van der Waals surface area contributed by atoms with Gasteiger partial charge in [0.1, 0.15) is 5.75 Å². The second kappa shape index (κ2) is 24.2. The van der Waals surface area contributed by atoms with Crippen LogP contribution in [0.25, 0.3) is 0 Å². The first-order chi connectivity index (χ1) is 10.7. The summed E-state index contributed by atoms with van der Waals surface area (Å²) in [5, 5.41) is 0. The zero-order chi connectivity index (χ0) is 17.6. The van der Waals surface area contributed by atoms with Crippen LogP contribution in [0.5, 0.6) is 5.75 Å². The van der Waals surface area contributed by atoms with Crippen molar-refractivity contribution in [3.8, 4) is 5.75 Å². The minimum atomic E-state index is 0.910. The lowest BCUT2D eigenvalue weighted by atomic mass is 10.2. The molecule has 0 radical (unpaired) electrons.